The molecule has 3 aromatic carbocycles. The van der Waals surface area contributed by atoms with Crippen molar-refractivity contribution in [2.24, 2.45) is 13.0 Å². The van der Waals surface area contributed by atoms with Crippen LogP contribution in [0.25, 0.3) is 22.2 Å². The normalized spacial score (nSPS) is 19.2. The van der Waals surface area contributed by atoms with Crippen LogP contribution in [0.3, 0.4) is 0 Å². The van der Waals surface area contributed by atoms with E-state index >= 15 is 0 Å². The number of aromatic amines is 1. The van der Waals surface area contributed by atoms with Gasteiger partial charge in [-0.2, -0.15) is 15.5 Å². The fraction of sp³-hybridized carbons (Fsp3) is 0.451. The van der Waals surface area contributed by atoms with Gasteiger partial charge in [-0.05, 0) is 105 Å². The molecule has 0 aliphatic carbocycles. The number of piperidine rings is 2. The minimum atomic E-state index is -2.67. The highest BCUT2D eigenvalue weighted by Crippen LogP contribution is 2.44. The summed E-state index contributed by atoms with van der Waals surface area (Å²) >= 11 is 6.34. The number of amides is 2. The van der Waals surface area contributed by atoms with E-state index in [-0.39, 0.29) is 35.3 Å². The van der Waals surface area contributed by atoms with Crippen molar-refractivity contribution in [1.82, 2.24) is 39.3 Å². The zero-order chi connectivity index (χ0) is 46.8. The lowest BCUT2D eigenvalue weighted by molar-refractivity contribution is -0.137. The Kier molecular flexibility index (Phi) is 11.6. The number of aromatic nitrogens is 6. The zero-order valence-corrected chi connectivity index (χ0v) is 39.2. The summed E-state index contributed by atoms with van der Waals surface area (Å²) in [5, 5.41) is 19.3. The van der Waals surface area contributed by atoms with Crippen molar-refractivity contribution in [2.45, 2.75) is 83.2 Å². The summed E-state index contributed by atoms with van der Waals surface area (Å²) in [6.45, 7) is 7.84. The topological polar surface area (TPSA) is 138 Å². The first-order valence-corrected chi connectivity index (χ1v) is 24.4. The molecule has 1 atom stereocenters. The molecule has 17 heteroatoms. The van der Waals surface area contributed by atoms with Gasteiger partial charge in [0.2, 0.25) is 11.8 Å². The highest BCUT2D eigenvalue weighted by molar-refractivity contribution is 6.32. The van der Waals surface area contributed by atoms with Gasteiger partial charge in [0, 0.05) is 130 Å². The number of nitrogens with zero attached hydrogens (tertiary/aromatic N) is 11. The molecule has 5 aliphatic heterocycles. The van der Waals surface area contributed by atoms with Gasteiger partial charge in [0.25, 0.3) is 6.43 Å². The number of H-pyrrole nitrogens is 1. The number of rotatable bonds is 8. The van der Waals surface area contributed by atoms with Gasteiger partial charge in [-0.15, -0.1) is 0 Å². The standard InChI is InChI=1S/C51H55ClF2N12O2/c1-31(67)63-21-14-46-42(30-63)50(65-15-3-4-33-22-40(36-27-56-60(2)28-36)41(48(53)54)25-47(33)65)59-66(46)37-12-19-62(20-13-37)51(68)32-9-16-61(17-10-32)39-7-8-44-45(24-39)58-49(57-44)35-11-18-64(29-35)38-6-5-34(26-55)43(52)23-38/h5-8,22-25,27-28,32,35,37,48H,3-4,9-21,29-30H2,1-2H3,(H,57,58)/t35-/m0/s1. The Balaban J connectivity index is 0.744. The summed E-state index contributed by atoms with van der Waals surface area (Å²) in [7, 11) is 1.78. The van der Waals surface area contributed by atoms with Crippen LogP contribution in [-0.4, -0.2) is 104 Å². The monoisotopic (exact) mass is 940 g/mol. The number of carbonyl (C=O) groups is 2. The largest absolute Gasteiger partial charge is 0.371 e. The lowest BCUT2D eigenvalue weighted by Gasteiger charge is -2.38. The Hall–Kier alpha value is -6.47. The number of nitrogens with one attached hydrogen (secondary N) is 1. The SMILES string of the molecule is CC(=O)N1CCc2c(c(N3CCCc4cc(-c5cnn(C)c5)c(C(F)F)cc43)nn2C2CCN(C(=O)C3CCN(c4ccc5nc([C@H]6CCN(c7ccc(C#N)c(Cl)c7)C6)[nH]c5c4)CC3)CC2)C1. The molecule has 68 heavy (non-hydrogen) atoms. The smallest absolute Gasteiger partial charge is 0.264 e. The summed E-state index contributed by atoms with van der Waals surface area (Å²) in [6.07, 6.45) is 7.07. The van der Waals surface area contributed by atoms with Crippen molar-refractivity contribution in [2.75, 3.05) is 67.1 Å². The van der Waals surface area contributed by atoms with E-state index in [1.165, 1.54) is 0 Å². The van der Waals surface area contributed by atoms with E-state index in [2.05, 4.69) is 58.6 Å². The van der Waals surface area contributed by atoms with Crippen LogP contribution in [0.1, 0.15) is 97.6 Å². The van der Waals surface area contributed by atoms with Crippen molar-refractivity contribution < 1.29 is 18.4 Å². The molecule has 8 heterocycles. The van der Waals surface area contributed by atoms with E-state index < -0.39 is 6.43 Å². The van der Waals surface area contributed by atoms with E-state index in [9.17, 15) is 23.6 Å². The molecule has 2 amide bonds. The maximum absolute atomic E-state index is 14.8. The van der Waals surface area contributed by atoms with Crippen LogP contribution in [0.4, 0.5) is 31.7 Å². The molecule has 14 nitrogen and oxygen atoms in total. The Bertz CT molecular complexity index is 2960. The number of imidazole rings is 1. The second-order valence-corrected chi connectivity index (χ2v) is 19.7. The molecule has 1 N–H and O–H groups in total. The maximum atomic E-state index is 14.8. The van der Waals surface area contributed by atoms with Crippen LogP contribution in [0.2, 0.25) is 5.02 Å². The summed E-state index contributed by atoms with van der Waals surface area (Å²) in [6, 6.07) is 17.8. The first-order valence-electron chi connectivity index (χ1n) is 24.0. The van der Waals surface area contributed by atoms with Crippen molar-refractivity contribution in [3.05, 3.63) is 99.7 Å². The number of carbonyl (C=O) groups excluding carboxylic acids is 2. The van der Waals surface area contributed by atoms with E-state index in [0.717, 1.165) is 128 Å². The molecule has 352 valence electrons. The number of nitriles is 1. The Morgan fingerprint density at radius 2 is 1.68 bits per heavy atom. The van der Waals surface area contributed by atoms with Crippen LogP contribution < -0.4 is 14.7 Å². The summed E-state index contributed by atoms with van der Waals surface area (Å²) in [5.41, 5.74) is 9.53. The third kappa shape index (κ3) is 8.11. The van der Waals surface area contributed by atoms with Crippen LogP contribution in [-0.2, 0) is 36.0 Å². The molecule has 0 saturated carbocycles. The van der Waals surface area contributed by atoms with E-state index in [0.29, 0.717) is 60.9 Å². The van der Waals surface area contributed by atoms with Crippen LogP contribution >= 0.6 is 11.6 Å². The quantitative estimate of drug-likeness (QED) is 0.159. The third-order valence-electron chi connectivity index (χ3n) is 15.2. The fourth-order valence-corrected chi connectivity index (χ4v) is 11.7. The molecule has 11 rings (SSSR count). The van der Waals surface area contributed by atoms with E-state index in [1.54, 1.807) is 43.2 Å². The number of hydrogen-bond acceptors (Lipinski definition) is 9. The summed E-state index contributed by atoms with van der Waals surface area (Å²) < 4.78 is 33.3. The van der Waals surface area contributed by atoms with Crippen molar-refractivity contribution >= 4 is 57.3 Å². The van der Waals surface area contributed by atoms with Crippen molar-refractivity contribution in [3.8, 4) is 17.2 Å². The van der Waals surface area contributed by atoms with Crippen LogP contribution in [0, 0.1) is 17.2 Å². The first kappa shape index (κ1) is 44.1. The van der Waals surface area contributed by atoms with Gasteiger partial charge in [0.1, 0.15) is 11.9 Å². The number of benzene rings is 3. The molecular formula is C51H55ClF2N12O2. The second-order valence-electron chi connectivity index (χ2n) is 19.3. The highest BCUT2D eigenvalue weighted by Gasteiger charge is 2.37. The lowest BCUT2D eigenvalue weighted by atomic mass is 9.92. The molecule has 5 aliphatic rings. The molecule has 0 spiro atoms. The molecule has 3 saturated heterocycles. The summed E-state index contributed by atoms with van der Waals surface area (Å²) in [5.74, 6) is 2.18. The lowest BCUT2D eigenvalue weighted by Crippen LogP contribution is -2.46. The molecule has 0 unspecified atom stereocenters. The van der Waals surface area contributed by atoms with Gasteiger partial charge in [-0.3, -0.25) is 19.0 Å². The van der Waals surface area contributed by atoms with Gasteiger partial charge in [-0.25, -0.2) is 13.8 Å². The Morgan fingerprint density at radius 1 is 0.897 bits per heavy atom. The molecule has 0 radical (unpaired) electrons. The number of aryl methyl sites for hydroxylation is 2. The first-order chi connectivity index (χ1) is 33.0. The van der Waals surface area contributed by atoms with E-state index in [4.69, 9.17) is 21.7 Å². The molecule has 3 aromatic heterocycles. The Labute approximate surface area is 399 Å². The average Bonchev–Trinajstić information content (AvgIpc) is 4.19. The predicted molar refractivity (Wildman–Crippen MR) is 258 cm³/mol. The molecule has 0 bridgehead atoms. The van der Waals surface area contributed by atoms with E-state index in [1.807, 2.05) is 23.1 Å². The number of hydrogen-bond donors (Lipinski definition) is 1. The average molecular weight is 942 g/mol. The number of halogens is 3. The number of alkyl halides is 2. The van der Waals surface area contributed by atoms with Gasteiger partial charge < -0.3 is 29.5 Å². The van der Waals surface area contributed by atoms with Crippen molar-refractivity contribution in [1.29, 1.82) is 5.26 Å². The minimum absolute atomic E-state index is 0.00105. The number of anilines is 4. The maximum Gasteiger partial charge on any atom is 0.264 e. The van der Waals surface area contributed by atoms with Gasteiger partial charge in [0.15, 0.2) is 5.82 Å². The second kappa shape index (κ2) is 17.9. The Morgan fingerprint density at radius 3 is 2.41 bits per heavy atom. The zero-order valence-electron chi connectivity index (χ0n) is 38.5. The van der Waals surface area contributed by atoms with Crippen molar-refractivity contribution in [3.63, 3.8) is 0 Å². The number of likely N-dealkylation sites (tertiary alicyclic amines) is 1. The van der Waals surface area contributed by atoms with Gasteiger partial charge in [-0.1, -0.05) is 11.6 Å². The minimum Gasteiger partial charge on any atom is -0.371 e. The number of fused-ring (bicyclic) bond motifs is 3. The van der Waals surface area contributed by atoms with Crippen LogP contribution in [0.15, 0.2) is 60.9 Å². The summed E-state index contributed by atoms with van der Waals surface area (Å²) in [4.78, 5) is 46.1. The van der Waals surface area contributed by atoms with Gasteiger partial charge in [0.05, 0.1) is 40.4 Å². The molecule has 3 fully saturated rings. The molecule has 6 aromatic rings. The third-order valence-corrected chi connectivity index (χ3v) is 15.5. The highest BCUT2D eigenvalue weighted by atomic mass is 35.5. The predicted octanol–water partition coefficient (Wildman–Crippen LogP) is 8.69. The van der Waals surface area contributed by atoms with Gasteiger partial charge >= 0.3 is 0 Å². The fourth-order valence-electron chi connectivity index (χ4n) is 11.5. The van der Waals surface area contributed by atoms with Crippen LogP contribution in [0.5, 0.6) is 0 Å². The molecular weight excluding hydrogens is 886 g/mol.